The molecule has 1 unspecified atom stereocenters. The zero-order valence-corrected chi connectivity index (χ0v) is 15.2. The van der Waals surface area contributed by atoms with E-state index in [0.717, 1.165) is 25.0 Å². The molecule has 2 N–H and O–H groups in total. The van der Waals surface area contributed by atoms with E-state index in [1.54, 1.807) is 23.1 Å². The molecule has 0 aliphatic carbocycles. The maximum Gasteiger partial charge on any atom is 0.248 e. The molecule has 1 aromatic heterocycles. The number of anilines is 1. The molecule has 0 radical (unpaired) electrons. The summed E-state index contributed by atoms with van der Waals surface area (Å²) in [4.78, 5) is 4.19. The summed E-state index contributed by atoms with van der Waals surface area (Å²) in [5.41, 5.74) is 0.914. The number of aromatic nitrogens is 3. The van der Waals surface area contributed by atoms with E-state index < -0.39 is 0 Å². The van der Waals surface area contributed by atoms with Crippen molar-refractivity contribution >= 4 is 46.5 Å². The van der Waals surface area contributed by atoms with E-state index in [-0.39, 0.29) is 6.10 Å². The van der Waals surface area contributed by atoms with Crippen molar-refractivity contribution < 1.29 is 4.74 Å². The van der Waals surface area contributed by atoms with E-state index in [9.17, 15) is 0 Å². The minimum atomic E-state index is 0.224. The number of hydrogen-bond donors (Lipinski definition) is 2. The zero-order chi connectivity index (χ0) is 16.9. The van der Waals surface area contributed by atoms with Gasteiger partial charge in [0.2, 0.25) is 5.95 Å². The average molecular weight is 386 g/mol. The molecule has 2 aromatic rings. The van der Waals surface area contributed by atoms with Crippen LogP contribution in [-0.2, 0) is 11.3 Å². The zero-order valence-electron chi connectivity index (χ0n) is 12.8. The minimum absolute atomic E-state index is 0.224. The van der Waals surface area contributed by atoms with Crippen molar-refractivity contribution in [3.8, 4) is 0 Å². The number of hydrogen-bond acceptors (Lipinski definition) is 4. The second-order valence-corrected chi connectivity index (χ2v) is 6.72. The molecular formula is C15H17Cl2N5OS. The van der Waals surface area contributed by atoms with Gasteiger partial charge in [-0.05, 0) is 42.8 Å². The summed E-state index contributed by atoms with van der Waals surface area (Å²) in [6.07, 6.45) is 4.01. The molecule has 1 fully saturated rings. The summed E-state index contributed by atoms with van der Waals surface area (Å²) in [5.74, 6) is 0.435. The molecule has 2 heterocycles. The van der Waals surface area contributed by atoms with Crippen molar-refractivity contribution in [1.29, 1.82) is 0 Å². The van der Waals surface area contributed by atoms with Gasteiger partial charge in [-0.2, -0.15) is 0 Å². The van der Waals surface area contributed by atoms with E-state index >= 15 is 0 Å². The predicted octanol–water partition coefficient (Wildman–Crippen LogP) is 3.10. The summed E-state index contributed by atoms with van der Waals surface area (Å²) in [6, 6.07) is 5.37. The quantitative estimate of drug-likeness (QED) is 0.770. The lowest BCUT2D eigenvalue weighted by molar-refractivity contribution is 0.114. The Balaban J connectivity index is 1.52. The van der Waals surface area contributed by atoms with Crippen LogP contribution in [0.4, 0.5) is 5.95 Å². The molecule has 1 aliphatic rings. The fraction of sp³-hybridized carbons (Fsp3) is 0.400. The first kappa shape index (κ1) is 17.4. The SMILES string of the molecule is S=C(NCC1CCCO1)Nc1ncn(Cc2ccc(Cl)cc2Cl)n1. The Labute approximate surface area is 155 Å². The van der Waals surface area contributed by atoms with E-state index in [0.29, 0.717) is 34.2 Å². The summed E-state index contributed by atoms with van der Waals surface area (Å²) in [5, 5.41) is 12.1. The van der Waals surface area contributed by atoms with Crippen LogP contribution >= 0.6 is 35.4 Å². The Morgan fingerprint density at radius 1 is 1.42 bits per heavy atom. The third-order valence-electron chi connectivity index (χ3n) is 3.62. The Kier molecular flexibility index (Phi) is 5.89. The molecule has 0 spiro atoms. The van der Waals surface area contributed by atoms with Gasteiger partial charge in [0.25, 0.3) is 0 Å². The molecule has 3 rings (SSSR count). The topological polar surface area (TPSA) is 64.0 Å². The van der Waals surface area contributed by atoms with Gasteiger partial charge in [0.1, 0.15) is 6.33 Å². The van der Waals surface area contributed by atoms with E-state index in [2.05, 4.69) is 20.7 Å². The Hall–Kier alpha value is -1.41. The minimum Gasteiger partial charge on any atom is -0.376 e. The van der Waals surface area contributed by atoms with Gasteiger partial charge in [-0.3, -0.25) is 5.32 Å². The van der Waals surface area contributed by atoms with Crippen LogP contribution in [-0.4, -0.2) is 39.1 Å². The maximum absolute atomic E-state index is 6.17. The molecule has 0 bridgehead atoms. The lowest BCUT2D eigenvalue weighted by Crippen LogP contribution is -2.35. The molecule has 1 aliphatic heterocycles. The number of nitrogens with zero attached hydrogens (tertiary/aromatic N) is 3. The molecule has 1 atom stereocenters. The maximum atomic E-state index is 6.17. The van der Waals surface area contributed by atoms with Crippen molar-refractivity contribution in [2.75, 3.05) is 18.5 Å². The van der Waals surface area contributed by atoms with Crippen molar-refractivity contribution in [2.24, 2.45) is 0 Å². The van der Waals surface area contributed by atoms with Crippen LogP contribution in [0.15, 0.2) is 24.5 Å². The van der Waals surface area contributed by atoms with Crippen LogP contribution < -0.4 is 10.6 Å². The molecule has 1 aromatic carbocycles. The van der Waals surface area contributed by atoms with Crippen LogP contribution in [0.1, 0.15) is 18.4 Å². The normalized spacial score (nSPS) is 17.0. The molecule has 6 nitrogen and oxygen atoms in total. The van der Waals surface area contributed by atoms with Crippen molar-refractivity contribution in [1.82, 2.24) is 20.1 Å². The van der Waals surface area contributed by atoms with Crippen molar-refractivity contribution in [2.45, 2.75) is 25.5 Å². The highest BCUT2D eigenvalue weighted by Crippen LogP contribution is 2.21. The molecule has 128 valence electrons. The number of benzene rings is 1. The molecule has 24 heavy (non-hydrogen) atoms. The van der Waals surface area contributed by atoms with E-state index in [4.69, 9.17) is 40.2 Å². The van der Waals surface area contributed by atoms with Gasteiger partial charge in [0.15, 0.2) is 5.11 Å². The Morgan fingerprint density at radius 2 is 2.29 bits per heavy atom. The molecule has 1 saturated heterocycles. The standard InChI is InChI=1S/C15H17Cl2N5OS/c16-11-4-3-10(13(17)6-11)8-22-9-19-14(21-22)20-15(24)18-7-12-2-1-5-23-12/h3-4,6,9,12H,1-2,5,7-8H2,(H2,18,20,21,24). The summed E-state index contributed by atoms with van der Waals surface area (Å²) in [6.45, 7) is 2.01. The largest absolute Gasteiger partial charge is 0.376 e. The highest BCUT2D eigenvalue weighted by Gasteiger charge is 2.15. The number of halogens is 2. The summed E-state index contributed by atoms with van der Waals surface area (Å²) >= 11 is 17.3. The van der Waals surface area contributed by atoms with Crippen LogP contribution in [0.5, 0.6) is 0 Å². The first-order valence-corrected chi connectivity index (χ1v) is 8.76. The predicted molar refractivity (Wildman–Crippen MR) is 98.8 cm³/mol. The van der Waals surface area contributed by atoms with E-state index in [1.807, 2.05) is 6.07 Å². The number of thiocarbonyl (C=S) groups is 1. The van der Waals surface area contributed by atoms with Crippen LogP contribution in [0.3, 0.4) is 0 Å². The van der Waals surface area contributed by atoms with Crippen molar-refractivity contribution in [3.63, 3.8) is 0 Å². The van der Waals surface area contributed by atoms with E-state index in [1.165, 1.54) is 0 Å². The third kappa shape index (κ3) is 4.80. The first-order chi connectivity index (χ1) is 11.6. The second kappa shape index (κ2) is 8.11. The highest BCUT2D eigenvalue weighted by molar-refractivity contribution is 7.80. The van der Waals surface area contributed by atoms with Crippen LogP contribution in [0, 0.1) is 0 Å². The van der Waals surface area contributed by atoms with Crippen molar-refractivity contribution in [3.05, 3.63) is 40.1 Å². The molecule has 0 saturated carbocycles. The van der Waals surface area contributed by atoms with Gasteiger partial charge >= 0.3 is 0 Å². The summed E-state index contributed by atoms with van der Waals surface area (Å²) < 4.78 is 7.22. The second-order valence-electron chi connectivity index (χ2n) is 5.47. The monoisotopic (exact) mass is 385 g/mol. The van der Waals surface area contributed by atoms with Crippen LogP contribution in [0.25, 0.3) is 0 Å². The van der Waals surface area contributed by atoms with Gasteiger partial charge < -0.3 is 10.1 Å². The number of nitrogens with one attached hydrogen (secondary N) is 2. The van der Waals surface area contributed by atoms with Gasteiger partial charge in [-0.1, -0.05) is 29.3 Å². The van der Waals surface area contributed by atoms with Gasteiger partial charge in [0, 0.05) is 23.2 Å². The van der Waals surface area contributed by atoms with Crippen LogP contribution in [0.2, 0.25) is 10.0 Å². The van der Waals surface area contributed by atoms with Gasteiger partial charge in [0.05, 0.1) is 12.6 Å². The van der Waals surface area contributed by atoms with Gasteiger partial charge in [-0.25, -0.2) is 9.67 Å². The third-order valence-corrected chi connectivity index (χ3v) is 4.46. The first-order valence-electron chi connectivity index (χ1n) is 7.60. The Bertz CT molecular complexity index is 718. The highest BCUT2D eigenvalue weighted by atomic mass is 35.5. The van der Waals surface area contributed by atoms with Gasteiger partial charge in [-0.15, -0.1) is 5.10 Å². The Morgan fingerprint density at radius 3 is 3.04 bits per heavy atom. The smallest absolute Gasteiger partial charge is 0.248 e. The average Bonchev–Trinajstić information content (AvgIpc) is 3.20. The molecule has 0 amide bonds. The fourth-order valence-electron chi connectivity index (χ4n) is 2.41. The lowest BCUT2D eigenvalue weighted by atomic mass is 10.2. The fourth-order valence-corrected chi connectivity index (χ4v) is 3.05. The number of rotatable bonds is 5. The number of ether oxygens (including phenoxy) is 1. The molecular weight excluding hydrogens is 369 g/mol. The summed E-state index contributed by atoms with van der Waals surface area (Å²) in [7, 11) is 0. The lowest BCUT2D eigenvalue weighted by Gasteiger charge is -2.12. The molecule has 9 heteroatoms.